The van der Waals surface area contributed by atoms with Crippen LogP contribution in [0.2, 0.25) is 0 Å². The predicted octanol–water partition coefficient (Wildman–Crippen LogP) is 3.34. The Bertz CT molecular complexity index is 858. The van der Waals surface area contributed by atoms with Crippen molar-refractivity contribution in [2.75, 3.05) is 0 Å². The molecule has 0 unspecified atom stereocenters. The highest BCUT2D eigenvalue weighted by Gasteiger charge is 2.29. The van der Waals surface area contributed by atoms with Crippen LogP contribution in [0.15, 0.2) is 48.5 Å². The minimum Gasteiger partial charge on any atom is -0.478 e. The van der Waals surface area contributed by atoms with Gasteiger partial charge in [-0.25, -0.2) is 14.0 Å². The Kier molecular flexibility index (Phi) is 5.95. The van der Waals surface area contributed by atoms with Crippen LogP contribution in [0.3, 0.4) is 0 Å². The zero-order chi connectivity index (χ0) is 20.2. The molecular weight excluding hydrogens is 353 g/mol. The van der Waals surface area contributed by atoms with E-state index >= 15 is 0 Å². The highest BCUT2D eigenvalue weighted by molar-refractivity contribution is 5.98. The third kappa shape index (κ3) is 5.37. The SMILES string of the molecule is CC(C)(C)OC(=O)[C@@H](NC(=O)c1ccc(C(=O)O)cc1F)c1ccccc1. The summed E-state index contributed by atoms with van der Waals surface area (Å²) in [4.78, 5) is 35.9. The number of hydrogen-bond donors (Lipinski definition) is 2. The van der Waals surface area contributed by atoms with Crippen LogP contribution in [0.1, 0.15) is 53.1 Å². The summed E-state index contributed by atoms with van der Waals surface area (Å²) in [5.41, 5.74) is -0.952. The van der Waals surface area contributed by atoms with Gasteiger partial charge in [-0.05, 0) is 44.5 Å². The van der Waals surface area contributed by atoms with Crippen molar-refractivity contribution in [3.05, 3.63) is 71.0 Å². The van der Waals surface area contributed by atoms with Gasteiger partial charge in [-0.2, -0.15) is 0 Å². The van der Waals surface area contributed by atoms with E-state index in [0.29, 0.717) is 5.56 Å². The quantitative estimate of drug-likeness (QED) is 0.784. The van der Waals surface area contributed by atoms with Gasteiger partial charge >= 0.3 is 11.9 Å². The lowest BCUT2D eigenvalue weighted by Crippen LogP contribution is -2.38. The van der Waals surface area contributed by atoms with Crippen LogP contribution in [-0.4, -0.2) is 28.6 Å². The van der Waals surface area contributed by atoms with Gasteiger partial charge in [0.1, 0.15) is 11.4 Å². The molecule has 2 aromatic rings. The van der Waals surface area contributed by atoms with E-state index in [1.165, 1.54) is 0 Å². The smallest absolute Gasteiger partial charge is 0.335 e. The number of carbonyl (C=O) groups excluding carboxylic acids is 2. The standard InChI is InChI=1S/C20H20FNO5/c1-20(2,3)27-19(26)16(12-7-5-4-6-8-12)22-17(23)14-10-9-13(18(24)25)11-15(14)21/h4-11,16H,1-3H3,(H,22,23)(H,24,25)/t16-/m0/s1. The molecule has 1 atom stereocenters. The van der Waals surface area contributed by atoms with E-state index in [9.17, 15) is 18.8 Å². The lowest BCUT2D eigenvalue weighted by Gasteiger charge is -2.25. The van der Waals surface area contributed by atoms with Crippen molar-refractivity contribution in [3.63, 3.8) is 0 Å². The first-order chi connectivity index (χ1) is 12.6. The Morgan fingerprint density at radius 1 is 1.07 bits per heavy atom. The second kappa shape index (κ2) is 7.99. The molecule has 1 amide bonds. The summed E-state index contributed by atoms with van der Waals surface area (Å²) < 4.78 is 19.5. The van der Waals surface area contributed by atoms with Gasteiger partial charge in [-0.3, -0.25) is 4.79 Å². The summed E-state index contributed by atoms with van der Waals surface area (Å²) in [5.74, 6) is -3.85. The Balaban J connectivity index is 2.31. The molecule has 7 heteroatoms. The topological polar surface area (TPSA) is 92.7 Å². The van der Waals surface area contributed by atoms with Gasteiger partial charge in [0.05, 0.1) is 11.1 Å². The van der Waals surface area contributed by atoms with Crippen molar-refractivity contribution in [1.29, 1.82) is 0 Å². The summed E-state index contributed by atoms with van der Waals surface area (Å²) >= 11 is 0. The third-order valence-corrected chi connectivity index (χ3v) is 3.51. The van der Waals surface area contributed by atoms with E-state index in [0.717, 1.165) is 18.2 Å². The maximum Gasteiger partial charge on any atom is 0.335 e. The van der Waals surface area contributed by atoms with Crippen LogP contribution in [0.4, 0.5) is 4.39 Å². The maximum absolute atomic E-state index is 14.1. The van der Waals surface area contributed by atoms with E-state index < -0.39 is 35.3 Å². The van der Waals surface area contributed by atoms with E-state index in [4.69, 9.17) is 9.84 Å². The number of halogens is 1. The van der Waals surface area contributed by atoms with E-state index in [-0.39, 0.29) is 11.1 Å². The molecule has 0 aliphatic rings. The highest BCUT2D eigenvalue weighted by Crippen LogP contribution is 2.20. The minimum absolute atomic E-state index is 0.282. The lowest BCUT2D eigenvalue weighted by atomic mass is 10.0. The van der Waals surface area contributed by atoms with Gasteiger partial charge in [0, 0.05) is 0 Å². The number of rotatable bonds is 5. The van der Waals surface area contributed by atoms with E-state index in [2.05, 4.69) is 5.32 Å². The number of carboxylic acids is 1. The Hall–Kier alpha value is -3.22. The molecule has 0 heterocycles. The molecule has 2 rings (SSSR count). The normalized spacial score (nSPS) is 12.1. The maximum atomic E-state index is 14.1. The van der Waals surface area contributed by atoms with Gasteiger partial charge in [0.2, 0.25) is 0 Å². The Labute approximate surface area is 156 Å². The van der Waals surface area contributed by atoms with Gasteiger partial charge in [0.15, 0.2) is 6.04 Å². The van der Waals surface area contributed by atoms with Crippen LogP contribution in [0, 0.1) is 5.82 Å². The third-order valence-electron chi connectivity index (χ3n) is 3.51. The highest BCUT2D eigenvalue weighted by atomic mass is 19.1. The lowest BCUT2D eigenvalue weighted by molar-refractivity contribution is -0.157. The van der Waals surface area contributed by atoms with Crippen LogP contribution in [0.25, 0.3) is 0 Å². The fraction of sp³-hybridized carbons (Fsp3) is 0.250. The van der Waals surface area contributed by atoms with Crippen molar-refractivity contribution in [1.82, 2.24) is 5.32 Å². The molecule has 0 aliphatic carbocycles. The van der Waals surface area contributed by atoms with Gasteiger partial charge in [-0.1, -0.05) is 30.3 Å². The molecule has 0 saturated heterocycles. The monoisotopic (exact) mass is 373 g/mol. The predicted molar refractivity (Wildman–Crippen MR) is 95.9 cm³/mol. The van der Waals surface area contributed by atoms with Crippen molar-refractivity contribution >= 4 is 17.8 Å². The average Bonchev–Trinajstić information content (AvgIpc) is 2.58. The summed E-state index contributed by atoms with van der Waals surface area (Å²) in [7, 11) is 0. The first kappa shape index (κ1) is 20.1. The number of carboxylic acid groups (broad SMARTS) is 1. The fourth-order valence-electron chi connectivity index (χ4n) is 2.33. The molecule has 0 aliphatic heterocycles. The molecule has 2 N–H and O–H groups in total. The number of amides is 1. The Morgan fingerprint density at radius 3 is 2.22 bits per heavy atom. The van der Waals surface area contributed by atoms with Crippen LogP contribution >= 0.6 is 0 Å². The summed E-state index contributed by atoms with van der Waals surface area (Å²) in [6.45, 7) is 5.08. The number of aromatic carboxylic acids is 1. The minimum atomic E-state index is -1.31. The summed E-state index contributed by atoms with van der Waals surface area (Å²) in [5, 5.41) is 11.3. The molecule has 0 saturated carbocycles. The second-order valence-corrected chi connectivity index (χ2v) is 6.85. The first-order valence-corrected chi connectivity index (χ1v) is 8.20. The largest absolute Gasteiger partial charge is 0.478 e. The van der Waals surface area contributed by atoms with Crippen molar-refractivity contribution in [2.24, 2.45) is 0 Å². The molecule has 0 aromatic heterocycles. The van der Waals surface area contributed by atoms with Gasteiger partial charge in [-0.15, -0.1) is 0 Å². The van der Waals surface area contributed by atoms with Crippen molar-refractivity contribution < 1.29 is 28.6 Å². The van der Waals surface area contributed by atoms with Gasteiger partial charge < -0.3 is 15.2 Å². The molecular formula is C20H20FNO5. The zero-order valence-corrected chi connectivity index (χ0v) is 15.2. The molecule has 0 bridgehead atoms. The average molecular weight is 373 g/mol. The van der Waals surface area contributed by atoms with Gasteiger partial charge in [0.25, 0.3) is 5.91 Å². The van der Waals surface area contributed by atoms with E-state index in [1.807, 2.05) is 0 Å². The molecule has 0 radical (unpaired) electrons. The second-order valence-electron chi connectivity index (χ2n) is 6.85. The zero-order valence-electron chi connectivity index (χ0n) is 15.2. The fourth-order valence-corrected chi connectivity index (χ4v) is 2.33. The number of ether oxygens (including phenoxy) is 1. The molecule has 0 fully saturated rings. The number of esters is 1. The summed E-state index contributed by atoms with van der Waals surface area (Å²) in [6, 6.07) is 10.2. The van der Waals surface area contributed by atoms with E-state index in [1.54, 1.807) is 51.1 Å². The summed E-state index contributed by atoms with van der Waals surface area (Å²) in [6.07, 6.45) is 0. The van der Waals surface area contributed by atoms with Crippen LogP contribution in [0.5, 0.6) is 0 Å². The number of benzene rings is 2. The molecule has 0 spiro atoms. The number of carbonyl (C=O) groups is 3. The first-order valence-electron chi connectivity index (χ1n) is 8.20. The molecule has 142 valence electrons. The van der Waals surface area contributed by atoms with Crippen molar-refractivity contribution in [2.45, 2.75) is 32.4 Å². The number of nitrogens with one attached hydrogen (secondary N) is 1. The molecule has 6 nitrogen and oxygen atoms in total. The van der Waals surface area contributed by atoms with Crippen molar-refractivity contribution in [3.8, 4) is 0 Å². The molecule has 2 aromatic carbocycles. The Morgan fingerprint density at radius 2 is 1.70 bits per heavy atom. The van der Waals surface area contributed by atoms with Crippen LogP contribution < -0.4 is 5.32 Å². The van der Waals surface area contributed by atoms with Crippen LogP contribution in [-0.2, 0) is 9.53 Å². The number of hydrogen-bond acceptors (Lipinski definition) is 4. The molecule has 27 heavy (non-hydrogen) atoms.